The maximum absolute atomic E-state index is 12.2. The van der Waals surface area contributed by atoms with Gasteiger partial charge in [0.05, 0.1) is 11.5 Å². The summed E-state index contributed by atoms with van der Waals surface area (Å²) in [6.07, 6.45) is 0. The average Bonchev–Trinajstić information content (AvgIpc) is 2.52. The van der Waals surface area contributed by atoms with Gasteiger partial charge in [-0.15, -0.1) is 0 Å². The van der Waals surface area contributed by atoms with Crippen LogP contribution in [0.3, 0.4) is 0 Å². The van der Waals surface area contributed by atoms with E-state index in [0.717, 1.165) is 16.9 Å². The van der Waals surface area contributed by atoms with Gasteiger partial charge in [0, 0.05) is 6.54 Å². The Morgan fingerprint density at radius 1 is 0.917 bits per heavy atom. The zero-order valence-corrected chi connectivity index (χ0v) is 15.0. The van der Waals surface area contributed by atoms with Gasteiger partial charge in [0.25, 0.3) is 0 Å². The minimum Gasteiger partial charge on any atom is -0.494 e. The molecule has 0 aliphatic rings. The van der Waals surface area contributed by atoms with E-state index >= 15 is 0 Å². The molecule has 0 amide bonds. The molecule has 0 saturated heterocycles. The van der Waals surface area contributed by atoms with E-state index in [9.17, 15) is 8.42 Å². The van der Waals surface area contributed by atoms with E-state index < -0.39 is 10.0 Å². The van der Waals surface area contributed by atoms with Gasteiger partial charge in [-0.25, -0.2) is 13.1 Å². The molecule has 0 fully saturated rings. The molecule has 24 heavy (non-hydrogen) atoms. The van der Waals surface area contributed by atoms with Gasteiger partial charge in [-0.2, -0.15) is 0 Å². The fourth-order valence-electron chi connectivity index (χ4n) is 2.33. The second kappa shape index (κ2) is 8.17. The Hall–Kier alpha value is -2.05. The number of benzene rings is 2. The summed E-state index contributed by atoms with van der Waals surface area (Å²) in [4.78, 5) is 0.206. The van der Waals surface area contributed by atoms with E-state index in [4.69, 9.17) is 9.47 Å². The molecule has 2 rings (SSSR count). The minimum absolute atomic E-state index is 0.197. The Morgan fingerprint density at radius 2 is 1.54 bits per heavy atom. The lowest BCUT2D eigenvalue weighted by Crippen LogP contribution is -2.28. The zero-order chi connectivity index (χ0) is 17.6. The molecule has 1 N–H and O–H groups in total. The van der Waals surface area contributed by atoms with Crippen LogP contribution in [0.1, 0.15) is 18.1 Å². The van der Waals surface area contributed by atoms with Crippen LogP contribution in [-0.2, 0) is 10.0 Å². The second-order valence-corrected chi connectivity index (χ2v) is 7.24. The SMILES string of the molecule is CCOc1ccc(S(=O)(=O)NCCOc2cc(C)cc(C)c2)cc1. The molecule has 0 bridgehead atoms. The largest absolute Gasteiger partial charge is 0.494 e. The van der Waals surface area contributed by atoms with E-state index in [1.807, 2.05) is 32.9 Å². The third-order valence-corrected chi connectivity index (χ3v) is 4.78. The number of nitrogens with one attached hydrogen (secondary N) is 1. The molecular formula is C18H23NO4S. The quantitative estimate of drug-likeness (QED) is 0.744. The molecule has 6 heteroatoms. The highest BCUT2D eigenvalue weighted by molar-refractivity contribution is 7.89. The molecule has 0 saturated carbocycles. The van der Waals surface area contributed by atoms with Gasteiger partial charge in [-0.3, -0.25) is 0 Å². The summed E-state index contributed by atoms with van der Waals surface area (Å²) in [6, 6.07) is 12.2. The van der Waals surface area contributed by atoms with Crippen LogP contribution in [0.15, 0.2) is 47.4 Å². The highest BCUT2D eigenvalue weighted by Crippen LogP contribution is 2.17. The van der Waals surface area contributed by atoms with Crippen LogP contribution in [0.2, 0.25) is 0 Å². The Balaban J connectivity index is 1.88. The third kappa shape index (κ3) is 5.25. The Bertz CT molecular complexity index is 750. The predicted molar refractivity (Wildman–Crippen MR) is 94.2 cm³/mol. The maximum Gasteiger partial charge on any atom is 0.240 e. The van der Waals surface area contributed by atoms with E-state index in [2.05, 4.69) is 10.8 Å². The highest BCUT2D eigenvalue weighted by Gasteiger charge is 2.13. The number of hydrogen-bond acceptors (Lipinski definition) is 4. The van der Waals surface area contributed by atoms with Crippen LogP contribution in [-0.4, -0.2) is 28.2 Å². The number of aryl methyl sites for hydroxylation is 2. The van der Waals surface area contributed by atoms with Crippen molar-refractivity contribution < 1.29 is 17.9 Å². The first-order valence-electron chi connectivity index (χ1n) is 7.84. The molecule has 0 spiro atoms. The van der Waals surface area contributed by atoms with E-state index in [-0.39, 0.29) is 18.0 Å². The lowest BCUT2D eigenvalue weighted by Gasteiger charge is -2.10. The highest BCUT2D eigenvalue weighted by atomic mass is 32.2. The van der Waals surface area contributed by atoms with Gasteiger partial charge in [-0.1, -0.05) is 6.07 Å². The normalized spacial score (nSPS) is 11.3. The van der Waals surface area contributed by atoms with Crippen molar-refractivity contribution in [1.29, 1.82) is 0 Å². The molecule has 0 aliphatic heterocycles. The van der Waals surface area contributed by atoms with Crippen LogP contribution in [0.4, 0.5) is 0 Å². The molecule has 2 aromatic rings. The first-order chi connectivity index (χ1) is 11.4. The van der Waals surface area contributed by atoms with Crippen molar-refractivity contribution in [2.24, 2.45) is 0 Å². The van der Waals surface area contributed by atoms with Crippen molar-refractivity contribution in [1.82, 2.24) is 4.72 Å². The number of sulfonamides is 1. The molecule has 2 aromatic carbocycles. The summed E-state index contributed by atoms with van der Waals surface area (Å²) in [5, 5.41) is 0. The second-order valence-electron chi connectivity index (χ2n) is 5.47. The van der Waals surface area contributed by atoms with Gasteiger partial charge < -0.3 is 9.47 Å². The van der Waals surface area contributed by atoms with E-state index in [1.165, 1.54) is 12.1 Å². The van der Waals surface area contributed by atoms with Gasteiger partial charge in [0.2, 0.25) is 10.0 Å². The van der Waals surface area contributed by atoms with Crippen molar-refractivity contribution in [3.05, 3.63) is 53.6 Å². The molecule has 130 valence electrons. The summed E-state index contributed by atoms with van der Waals surface area (Å²) >= 11 is 0. The molecule has 0 aromatic heterocycles. The van der Waals surface area contributed by atoms with E-state index in [0.29, 0.717) is 12.4 Å². The first-order valence-corrected chi connectivity index (χ1v) is 9.32. The van der Waals surface area contributed by atoms with Gasteiger partial charge in [0.15, 0.2) is 0 Å². The van der Waals surface area contributed by atoms with Gasteiger partial charge >= 0.3 is 0 Å². The average molecular weight is 349 g/mol. The van der Waals surface area contributed by atoms with Crippen LogP contribution in [0, 0.1) is 13.8 Å². The fourth-order valence-corrected chi connectivity index (χ4v) is 3.34. The zero-order valence-electron chi connectivity index (χ0n) is 14.2. The number of rotatable bonds is 8. The number of ether oxygens (including phenoxy) is 2. The summed E-state index contributed by atoms with van der Waals surface area (Å²) in [7, 11) is -3.55. The van der Waals surface area contributed by atoms with Gasteiger partial charge in [-0.05, 0) is 68.3 Å². The summed E-state index contributed by atoms with van der Waals surface area (Å²) in [5.41, 5.74) is 2.22. The molecule has 0 radical (unpaired) electrons. The monoisotopic (exact) mass is 349 g/mol. The van der Waals surface area contributed by atoms with Crippen molar-refractivity contribution >= 4 is 10.0 Å². The Kier molecular flexibility index (Phi) is 6.23. The van der Waals surface area contributed by atoms with Crippen LogP contribution >= 0.6 is 0 Å². The van der Waals surface area contributed by atoms with Crippen molar-refractivity contribution in [3.63, 3.8) is 0 Å². The third-order valence-electron chi connectivity index (χ3n) is 3.30. The molecule has 0 heterocycles. The van der Waals surface area contributed by atoms with Crippen molar-refractivity contribution in [3.8, 4) is 11.5 Å². The van der Waals surface area contributed by atoms with Gasteiger partial charge in [0.1, 0.15) is 18.1 Å². The molecule has 0 atom stereocenters. The summed E-state index contributed by atoms with van der Waals surface area (Å²) in [6.45, 7) is 6.87. The molecule has 5 nitrogen and oxygen atoms in total. The lowest BCUT2D eigenvalue weighted by atomic mass is 10.1. The van der Waals surface area contributed by atoms with E-state index in [1.54, 1.807) is 12.1 Å². The summed E-state index contributed by atoms with van der Waals surface area (Å²) in [5.74, 6) is 1.39. The predicted octanol–water partition coefficient (Wildman–Crippen LogP) is 3.06. The Morgan fingerprint density at radius 3 is 2.12 bits per heavy atom. The first kappa shape index (κ1) is 18.3. The Labute approximate surface area is 143 Å². The standard InChI is InChI=1S/C18H23NO4S/c1-4-22-16-5-7-18(8-6-16)24(20,21)19-9-10-23-17-12-14(2)11-15(3)13-17/h5-8,11-13,19H,4,9-10H2,1-3H3. The van der Waals surface area contributed by atoms with Crippen LogP contribution in [0.5, 0.6) is 11.5 Å². The van der Waals surface area contributed by atoms with Crippen LogP contribution < -0.4 is 14.2 Å². The van der Waals surface area contributed by atoms with Crippen molar-refractivity contribution in [2.75, 3.05) is 19.8 Å². The summed E-state index contributed by atoms with van der Waals surface area (Å²) < 4.78 is 37.9. The number of hydrogen-bond donors (Lipinski definition) is 1. The van der Waals surface area contributed by atoms with Crippen molar-refractivity contribution in [2.45, 2.75) is 25.7 Å². The fraction of sp³-hybridized carbons (Fsp3) is 0.333. The molecule has 0 aliphatic carbocycles. The van der Waals surface area contributed by atoms with Crippen LogP contribution in [0.25, 0.3) is 0 Å². The maximum atomic E-state index is 12.2. The minimum atomic E-state index is -3.55. The topological polar surface area (TPSA) is 64.6 Å². The molecule has 0 unspecified atom stereocenters. The smallest absolute Gasteiger partial charge is 0.240 e. The molecular weight excluding hydrogens is 326 g/mol. The lowest BCUT2D eigenvalue weighted by molar-refractivity contribution is 0.322.